The van der Waals surface area contributed by atoms with Crippen molar-refractivity contribution in [3.63, 3.8) is 0 Å². The van der Waals surface area contributed by atoms with Crippen molar-refractivity contribution in [1.82, 2.24) is 14.9 Å². The molecule has 1 aromatic heterocycles. The summed E-state index contributed by atoms with van der Waals surface area (Å²) in [7, 11) is 1.63. The molecule has 158 valence electrons. The van der Waals surface area contributed by atoms with Crippen LogP contribution in [0, 0.1) is 0 Å². The molecule has 0 fully saturated rings. The van der Waals surface area contributed by atoms with Crippen molar-refractivity contribution in [2.75, 3.05) is 24.0 Å². The fourth-order valence-corrected chi connectivity index (χ4v) is 3.51. The molecule has 0 aliphatic heterocycles. The standard InChI is InChI=1S/C22H27N5O2S/c1-22(2,3)16-7-9-17(10-8-16)24-20(28)14-30-21-26-25-19(27(21)23)13-15-5-11-18(29-4)12-6-15/h5-12H,13-14,23H2,1-4H3,(H,24,28). The van der Waals surface area contributed by atoms with E-state index in [4.69, 9.17) is 10.6 Å². The number of nitrogens with zero attached hydrogens (tertiary/aromatic N) is 3. The molecule has 1 heterocycles. The Kier molecular flexibility index (Phi) is 6.66. The van der Waals surface area contributed by atoms with E-state index in [2.05, 4.69) is 36.3 Å². The lowest BCUT2D eigenvalue weighted by atomic mass is 9.87. The maximum atomic E-state index is 12.3. The van der Waals surface area contributed by atoms with Crippen LogP contribution in [0.25, 0.3) is 0 Å². The number of nitrogen functional groups attached to an aromatic ring is 1. The Bertz CT molecular complexity index is 992. The molecular formula is C22H27N5O2S. The van der Waals surface area contributed by atoms with Crippen LogP contribution in [-0.4, -0.2) is 33.6 Å². The minimum absolute atomic E-state index is 0.0765. The molecule has 2 aromatic carbocycles. The van der Waals surface area contributed by atoms with Crippen molar-refractivity contribution in [3.05, 3.63) is 65.5 Å². The first-order valence-corrected chi connectivity index (χ1v) is 10.6. The van der Waals surface area contributed by atoms with Gasteiger partial charge in [-0.1, -0.05) is 56.8 Å². The third-order valence-corrected chi connectivity index (χ3v) is 5.57. The van der Waals surface area contributed by atoms with Crippen molar-refractivity contribution in [2.45, 2.75) is 37.8 Å². The zero-order chi connectivity index (χ0) is 21.7. The minimum Gasteiger partial charge on any atom is -0.497 e. The van der Waals surface area contributed by atoms with Gasteiger partial charge in [0.2, 0.25) is 11.1 Å². The van der Waals surface area contributed by atoms with Crippen LogP contribution in [0.3, 0.4) is 0 Å². The maximum absolute atomic E-state index is 12.3. The van der Waals surface area contributed by atoms with Gasteiger partial charge in [-0.2, -0.15) is 0 Å². The van der Waals surface area contributed by atoms with E-state index in [-0.39, 0.29) is 17.1 Å². The molecule has 0 spiro atoms. The number of nitrogens with two attached hydrogens (primary N) is 1. The van der Waals surface area contributed by atoms with Crippen LogP contribution in [0.4, 0.5) is 5.69 Å². The van der Waals surface area contributed by atoms with E-state index in [0.717, 1.165) is 17.0 Å². The van der Waals surface area contributed by atoms with Crippen molar-refractivity contribution >= 4 is 23.4 Å². The van der Waals surface area contributed by atoms with Gasteiger partial charge in [-0.3, -0.25) is 4.79 Å². The van der Waals surface area contributed by atoms with Crippen LogP contribution < -0.4 is 15.9 Å². The van der Waals surface area contributed by atoms with Crippen molar-refractivity contribution in [3.8, 4) is 5.75 Å². The van der Waals surface area contributed by atoms with E-state index in [0.29, 0.717) is 17.4 Å². The van der Waals surface area contributed by atoms with E-state index >= 15 is 0 Å². The van der Waals surface area contributed by atoms with Gasteiger partial charge in [-0.15, -0.1) is 10.2 Å². The van der Waals surface area contributed by atoms with Gasteiger partial charge >= 0.3 is 0 Å². The monoisotopic (exact) mass is 425 g/mol. The number of rotatable bonds is 7. The van der Waals surface area contributed by atoms with E-state index in [1.54, 1.807) is 7.11 Å². The molecule has 3 aromatic rings. The molecule has 3 N–H and O–H groups in total. The Balaban J connectivity index is 1.54. The second-order valence-corrected chi connectivity index (χ2v) is 8.90. The Hall–Kier alpha value is -3.00. The van der Waals surface area contributed by atoms with Crippen LogP contribution in [0.1, 0.15) is 37.7 Å². The Morgan fingerprint density at radius 2 is 1.77 bits per heavy atom. The molecule has 0 saturated carbocycles. The minimum atomic E-state index is -0.122. The first-order valence-electron chi connectivity index (χ1n) is 9.62. The fraction of sp³-hybridized carbons (Fsp3) is 0.318. The molecule has 1 amide bonds. The van der Waals surface area contributed by atoms with Gasteiger partial charge in [0, 0.05) is 12.1 Å². The SMILES string of the molecule is COc1ccc(Cc2nnc(SCC(=O)Nc3ccc(C(C)(C)C)cc3)n2N)cc1. The number of carbonyl (C=O) groups is 1. The van der Waals surface area contributed by atoms with Crippen molar-refractivity contribution in [1.29, 1.82) is 0 Å². The summed E-state index contributed by atoms with van der Waals surface area (Å²) in [6.07, 6.45) is 0.542. The first kappa shape index (κ1) is 21.7. The molecule has 0 unspecified atom stereocenters. The number of hydrogen-bond acceptors (Lipinski definition) is 6. The largest absolute Gasteiger partial charge is 0.497 e. The number of thioether (sulfide) groups is 1. The van der Waals surface area contributed by atoms with Crippen LogP contribution in [0.15, 0.2) is 53.7 Å². The van der Waals surface area contributed by atoms with Crippen LogP contribution in [0.2, 0.25) is 0 Å². The van der Waals surface area contributed by atoms with Gasteiger partial charge in [0.1, 0.15) is 5.75 Å². The number of anilines is 1. The molecule has 0 bridgehead atoms. The average Bonchev–Trinajstić information content (AvgIpc) is 3.06. The number of benzene rings is 2. The predicted octanol–water partition coefficient (Wildman–Crippen LogP) is 3.62. The topological polar surface area (TPSA) is 95.1 Å². The number of amides is 1. The third kappa shape index (κ3) is 5.54. The number of nitrogens with one attached hydrogen (secondary N) is 1. The molecule has 0 aliphatic carbocycles. The molecule has 0 atom stereocenters. The summed E-state index contributed by atoms with van der Waals surface area (Å²) in [6.45, 7) is 6.47. The highest BCUT2D eigenvalue weighted by Crippen LogP contribution is 2.24. The van der Waals surface area contributed by atoms with Gasteiger partial charge < -0.3 is 15.9 Å². The van der Waals surface area contributed by atoms with E-state index in [1.165, 1.54) is 22.0 Å². The van der Waals surface area contributed by atoms with Gasteiger partial charge in [0.05, 0.1) is 12.9 Å². The van der Waals surface area contributed by atoms with Crippen molar-refractivity contribution in [2.24, 2.45) is 0 Å². The smallest absolute Gasteiger partial charge is 0.234 e. The third-order valence-electron chi connectivity index (χ3n) is 4.62. The first-order chi connectivity index (χ1) is 14.3. The molecule has 8 heteroatoms. The lowest BCUT2D eigenvalue weighted by molar-refractivity contribution is -0.113. The number of carbonyl (C=O) groups excluding carboxylic acids is 1. The van der Waals surface area contributed by atoms with E-state index < -0.39 is 0 Å². The molecule has 0 aliphatic rings. The summed E-state index contributed by atoms with van der Waals surface area (Å²) in [4.78, 5) is 12.3. The number of methoxy groups -OCH3 is 1. The van der Waals surface area contributed by atoms with Gasteiger partial charge in [-0.05, 0) is 40.8 Å². The zero-order valence-electron chi connectivity index (χ0n) is 17.7. The highest BCUT2D eigenvalue weighted by molar-refractivity contribution is 7.99. The molecule has 30 heavy (non-hydrogen) atoms. The number of ether oxygens (including phenoxy) is 1. The van der Waals surface area contributed by atoms with E-state index in [9.17, 15) is 4.79 Å². The summed E-state index contributed by atoms with van der Waals surface area (Å²) >= 11 is 1.25. The highest BCUT2D eigenvalue weighted by atomic mass is 32.2. The second kappa shape index (κ2) is 9.21. The number of hydrogen-bond donors (Lipinski definition) is 2. The summed E-state index contributed by atoms with van der Waals surface area (Å²) in [5, 5.41) is 11.7. The fourth-order valence-electron chi connectivity index (χ4n) is 2.83. The average molecular weight is 426 g/mol. The zero-order valence-corrected chi connectivity index (χ0v) is 18.5. The van der Waals surface area contributed by atoms with Crippen LogP contribution >= 0.6 is 11.8 Å². The molecule has 3 rings (SSSR count). The molecule has 0 radical (unpaired) electrons. The number of aromatic nitrogens is 3. The summed E-state index contributed by atoms with van der Waals surface area (Å²) in [6, 6.07) is 15.6. The van der Waals surface area contributed by atoms with Crippen molar-refractivity contribution < 1.29 is 9.53 Å². The van der Waals surface area contributed by atoms with Gasteiger partial charge in [0.25, 0.3) is 0 Å². The second-order valence-electron chi connectivity index (χ2n) is 7.96. The van der Waals surface area contributed by atoms with Crippen LogP contribution in [-0.2, 0) is 16.6 Å². The summed E-state index contributed by atoms with van der Waals surface area (Å²) < 4.78 is 6.60. The van der Waals surface area contributed by atoms with Gasteiger partial charge in [-0.25, -0.2) is 4.68 Å². The molecular weight excluding hydrogens is 398 g/mol. The molecule has 7 nitrogen and oxygen atoms in total. The van der Waals surface area contributed by atoms with E-state index in [1.807, 2.05) is 48.5 Å². The summed E-state index contributed by atoms with van der Waals surface area (Å²) in [5.74, 6) is 7.61. The Morgan fingerprint density at radius 3 is 2.37 bits per heavy atom. The van der Waals surface area contributed by atoms with Crippen LogP contribution in [0.5, 0.6) is 5.75 Å². The quantitative estimate of drug-likeness (QED) is 0.443. The predicted molar refractivity (Wildman–Crippen MR) is 120 cm³/mol. The lowest BCUT2D eigenvalue weighted by Crippen LogP contribution is -2.17. The lowest BCUT2D eigenvalue weighted by Gasteiger charge is -2.19. The normalized spacial score (nSPS) is 11.3. The Labute approximate surface area is 181 Å². The summed E-state index contributed by atoms with van der Waals surface area (Å²) in [5.41, 5.74) is 3.11. The highest BCUT2D eigenvalue weighted by Gasteiger charge is 2.15. The van der Waals surface area contributed by atoms with Gasteiger partial charge in [0.15, 0.2) is 5.82 Å². The maximum Gasteiger partial charge on any atom is 0.234 e. The Morgan fingerprint density at radius 1 is 1.10 bits per heavy atom. The molecule has 0 saturated heterocycles.